The number of likely N-dealkylation sites (N-methyl/N-ethyl adjacent to an activating group) is 3. The number of aromatic amines is 1. The molecule has 15 amide bonds. The van der Waals surface area contributed by atoms with Crippen LogP contribution in [0.1, 0.15) is 107 Å². The molecule has 0 bridgehead atoms. The maximum Gasteiger partial charge on any atom is 0.246 e. The van der Waals surface area contributed by atoms with Crippen LogP contribution in [-0.4, -0.2) is 271 Å². The van der Waals surface area contributed by atoms with Crippen LogP contribution in [0.15, 0.2) is 170 Å². The molecule has 4 heterocycles. The van der Waals surface area contributed by atoms with E-state index in [1.807, 2.05) is 13.0 Å². The smallest absolute Gasteiger partial charge is 0.246 e. The van der Waals surface area contributed by atoms with Crippen molar-refractivity contribution in [2.45, 2.75) is 190 Å². The molecule has 3 aliphatic heterocycles. The Balaban J connectivity index is 1.04. The zero-order chi connectivity index (χ0) is 94.7. The molecule has 6 aromatic carbocycles. The zero-order valence-corrected chi connectivity index (χ0v) is 76.6. The van der Waals surface area contributed by atoms with Gasteiger partial charge in [-0.05, 0) is 101 Å². The first kappa shape index (κ1) is 100. The summed E-state index contributed by atoms with van der Waals surface area (Å²) in [5, 5.41) is 46.5. The first-order chi connectivity index (χ1) is 62.7. The molecule has 0 unspecified atom stereocenters. The zero-order valence-electron chi connectivity index (χ0n) is 75.0. The number of aromatic hydroxyl groups is 2. The molecule has 3 aliphatic rings. The standard InChI is InChI=1S/C95H121N17O17S2/c1-9-10-31-76-94(128)111-41-22-32-75(111)88(122)105-73(49-96)87(121)107-82(57(4)5)95(129)109(7)77(46-59-25-16-12-17-26-59)89(123)104-72(45-62-35-39-65(114)40-36-62)92(126)112-55-131-53-79(112)90(124)103-70(48-63-50-98-67-30-21-20-29-66(63)67)86(120)102-69(43-61-33-37-64(113)38-34-61)85(119)101-68(42-56(2)3)84(118)106-74(83(117)99-51-80(97)115)52-130-54-81(116)100-71(44-58-23-14-11-15-24-58)91(125)110(8)78(93(127)108(76)6)47-60-27-18-13-19-28-60/h11-21,23-30,33-40,50,56-57,68-79,82,98,113-114H,9-10,22,31-32,41-49,51-55,96H2,1-8H3,(H2,97,115)(H,99,117)(H,100,116)(H,101,119)(H,102,120)(H,103,124)(H,104,123)(H,105,122)(H,106,118)(H,107,121)/t68-,69-,70-,71-,72-,73-,74-,75+,76-,77-,78-,79+,82-/m0/s1. The van der Waals surface area contributed by atoms with Crippen molar-refractivity contribution in [2.75, 3.05) is 63.9 Å². The molecular weight excluding hydrogens is 1720 g/mol. The minimum atomic E-state index is -1.58. The van der Waals surface area contributed by atoms with Crippen molar-refractivity contribution in [1.29, 1.82) is 0 Å². The van der Waals surface area contributed by atoms with Crippen LogP contribution in [0.2, 0.25) is 0 Å². The van der Waals surface area contributed by atoms with Gasteiger partial charge in [-0.15, -0.1) is 23.5 Å². The van der Waals surface area contributed by atoms with Crippen molar-refractivity contribution >= 4 is 123 Å². The summed E-state index contributed by atoms with van der Waals surface area (Å²) in [6.07, 6.45) is 2.12. The highest BCUT2D eigenvalue weighted by Gasteiger charge is 2.46. The largest absolute Gasteiger partial charge is 0.508 e. The van der Waals surface area contributed by atoms with E-state index in [1.165, 1.54) is 88.9 Å². The van der Waals surface area contributed by atoms with Crippen LogP contribution in [0.25, 0.3) is 10.9 Å². The Morgan fingerprint density at radius 1 is 0.473 bits per heavy atom. The van der Waals surface area contributed by atoms with Crippen LogP contribution in [0, 0.1) is 11.8 Å². The number of nitrogens with zero attached hydrogens (tertiary/aromatic N) is 5. The van der Waals surface area contributed by atoms with Gasteiger partial charge in [0, 0.05) is 101 Å². The van der Waals surface area contributed by atoms with E-state index in [0.717, 1.165) is 16.7 Å². The van der Waals surface area contributed by atoms with Gasteiger partial charge in [-0.1, -0.05) is 181 Å². The van der Waals surface area contributed by atoms with E-state index in [2.05, 4.69) is 52.8 Å². The summed E-state index contributed by atoms with van der Waals surface area (Å²) in [4.78, 5) is 235. The number of nitrogens with two attached hydrogens (primary N) is 2. The van der Waals surface area contributed by atoms with E-state index in [9.17, 15) is 34.2 Å². The van der Waals surface area contributed by atoms with Crippen molar-refractivity contribution < 1.29 is 82.1 Å². The second kappa shape index (κ2) is 48.2. The molecule has 0 aliphatic carbocycles. The fourth-order valence-electron chi connectivity index (χ4n) is 16.3. The Hall–Kier alpha value is -12.8. The molecule has 0 saturated carbocycles. The highest BCUT2D eigenvalue weighted by atomic mass is 32.2. The van der Waals surface area contributed by atoms with E-state index in [-0.39, 0.29) is 99.1 Å². The molecule has 13 atom stereocenters. The summed E-state index contributed by atoms with van der Waals surface area (Å²) in [6, 6.07) is 26.6. The fraction of sp³-hybridized carbons (Fsp3) is 0.442. The monoisotopic (exact) mass is 1840 g/mol. The predicted octanol–water partition coefficient (Wildman–Crippen LogP) is 2.79. The number of phenols is 2. The van der Waals surface area contributed by atoms with E-state index in [0.29, 0.717) is 63.5 Å². The number of amides is 15. The third kappa shape index (κ3) is 27.9. The van der Waals surface area contributed by atoms with Gasteiger partial charge < -0.3 is 99.0 Å². The number of unbranched alkanes of at least 4 members (excludes halogenated alkanes) is 1. The number of H-pyrrole nitrogens is 1. The van der Waals surface area contributed by atoms with E-state index >= 15 is 47.9 Å². The van der Waals surface area contributed by atoms with Crippen LogP contribution in [0.5, 0.6) is 11.5 Å². The second-order valence-corrected chi connectivity index (χ2v) is 36.2. The van der Waals surface area contributed by atoms with Gasteiger partial charge in [0.2, 0.25) is 88.6 Å². The highest BCUT2D eigenvalue weighted by molar-refractivity contribution is 8.00. The molecule has 1 aromatic heterocycles. The molecule has 3 saturated heterocycles. The van der Waals surface area contributed by atoms with Crippen LogP contribution in [0.3, 0.4) is 0 Å². The average Bonchev–Trinajstić information content (AvgIpc) is 1.79. The number of thioether (sulfide) groups is 2. The Morgan fingerprint density at radius 3 is 1.54 bits per heavy atom. The van der Waals surface area contributed by atoms with Crippen molar-refractivity contribution in [3.63, 3.8) is 0 Å². The lowest BCUT2D eigenvalue weighted by molar-refractivity contribution is -0.152. The van der Waals surface area contributed by atoms with E-state index in [4.69, 9.17) is 11.5 Å². The number of carbonyl (C=O) groups is 15. The summed E-state index contributed by atoms with van der Waals surface area (Å²) in [6.45, 7) is 7.65. The first-order valence-electron chi connectivity index (χ1n) is 44.2. The van der Waals surface area contributed by atoms with E-state index < -0.39 is 192 Å². The number of carbonyl (C=O) groups excluding carboxylic acids is 15. The quantitative estimate of drug-likeness (QED) is 0.0464. The molecule has 34 nitrogen and oxygen atoms in total. The number of hydrogen-bond acceptors (Lipinski definition) is 20. The lowest BCUT2D eigenvalue weighted by Gasteiger charge is -2.38. The lowest BCUT2D eigenvalue weighted by atomic mass is 9.98. The van der Waals surface area contributed by atoms with Crippen molar-refractivity contribution in [2.24, 2.45) is 23.3 Å². The summed E-state index contributed by atoms with van der Waals surface area (Å²) in [5.74, 6) is -14.4. The Bertz CT molecular complexity index is 5150. The molecular formula is C95H121N17O17S2. The number of nitrogens with one attached hydrogen (secondary N) is 10. The Kier molecular flexibility index (Phi) is 36.9. The van der Waals surface area contributed by atoms with Gasteiger partial charge in [-0.25, -0.2) is 0 Å². The number of fused-ring (bicyclic) bond motifs is 3. The summed E-state index contributed by atoms with van der Waals surface area (Å²) in [7, 11) is 4.24. The average molecular weight is 1840 g/mol. The van der Waals surface area contributed by atoms with Crippen molar-refractivity contribution in [3.05, 3.63) is 203 Å². The summed E-state index contributed by atoms with van der Waals surface area (Å²) in [5.41, 5.74) is 15.7. The lowest BCUT2D eigenvalue weighted by Crippen LogP contribution is -2.62. The van der Waals surface area contributed by atoms with Gasteiger partial charge >= 0.3 is 0 Å². The molecule has 0 spiro atoms. The number of primary amides is 1. The van der Waals surface area contributed by atoms with Gasteiger partial charge in [-0.3, -0.25) is 71.9 Å². The molecule has 7 aromatic rings. The van der Waals surface area contributed by atoms with Crippen molar-refractivity contribution in [3.8, 4) is 11.5 Å². The number of rotatable bonds is 22. The SMILES string of the molecule is CCCC[C@H]1C(=O)N2CCC[C@@H]2C(=O)N[C@@H](CN)C(=O)N[C@@H](C(C)C)C(=O)N(C)[C@@H](Cc2ccccc2)C(=O)N[C@@H](Cc2ccc(O)cc2)C(=O)N2CSC[C@@H]2C(=O)N[C@@H](Cc2c[nH]c3ccccc23)C(=O)N[C@@H](Cc2ccc(O)cc2)C(=O)N[C@@H](CC(C)C)C(=O)N[C@H](C(=O)NCC(N)=O)CSCC(=O)N[C@@H](Cc2ccccc2)C(=O)N(C)[C@@H](Cc2ccccc2)C(=O)N1C. The summed E-state index contributed by atoms with van der Waals surface area (Å²) < 4.78 is 0. The molecule has 131 heavy (non-hydrogen) atoms. The Labute approximate surface area is 770 Å². The number of benzene rings is 6. The number of para-hydroxylation sites is 1. The topological polar surface area (TPSA) is 489 Å². The first-order valence-corrected chi connectivity index (χ1v) is 46.5. The van der Waals surface area contributed by atoms with Gasteiger partial charge in [-0.2, -0.15) is 0 Å². The molecule has 0 radical (unpaired) electrons. The second-order valence-electron chi connectivity index (χ2n) is 34.2. The molecule has 36 heteroatoms. The van der Waals surface area contributed by atoms with Gasteiger partial charge in [0.25, 0.3) is 0 Å². The molecule has 16 N–H and O–H groups in total. The van der Waals surface area contributed by atoms with Crippen LogP contribution < -0.4 is 59.3 Å². The van der Waals surface area contributed by atoms with E-state index in [1.54, 1.807) is 155 Å². The van der Waals surface area contributed by atoms with Crippen molar-refractivity contribution in [1.82, 2.24) is 77.3 Å². The molecule has 3 fully saturated rings. The number of hydrogen-bond donors (Lipinski definition) is 14. The number of aromatic nitrogens is 1. The maximum absolute atomic E-state index is 15.8. The van der Waals surface area contributed by atoms with Gasteiger partial charge in [0.1, 0.15) is 90.0 Å². The van der Waals surface area contributed by atoms with Crippen LogP contribution in [0.4, 0.5) is 0 Å². The normalized spacial score (nSPS) is 23.8. The number of phenolic OH excluding ortho intramolecular Hbond substituents is 2. The molecule has 700 valence electrons. The summed E-state index contributed by atoms with van der Waals surface area (Å²) >= 11 is 2.06. The maximum atomic E-state index is 15.8. The fourth-order valence-corrected chi connectivity index (χ4v) is 18.3. The third-order valence-electron chi connectivity index (χ3n) is 23.7. The van der Waals surface area contributed by atoms with Crippen LogP contribution >= 0.6 is 23.5 Å². The molecule has 10 rings (SSSR count). The Morgan fingerprint density at radius 2 is 0.962 bits per heavy atom. The van der Waals surface area contributed by atoms with Gasteiger partial charge in [0.15, 0.2) is 0 Å². The third-order valence-corrected chi connectivity index (χ3v) is 25.7. The van der Waals surface area contributed by atoms with Crippen LogP contribution in [-0.2, 0) is 110 Å². The minimum Gasteiger partial charge on any atom is -0.508 e. The van der Waals surface area contributed by atoms with Gasteiger partial charge in [0.05, 0.1) is 18.2 Å². The minimum absolute atomic E-state index is 0.0256. The highest BCUT2D eigenvalue weighted by Crippen LogP contribution is 2.29. The predicted molar refractivity (Wildman–Crippen MR) is 496 cm³/mol.